The lowest BCUT2D eigenvalue weighted by atomic mass is 10.0. The first-order valence-corrected chi connectivity index (χ1v) is 6.88. The molecule has 5 heteroatoms. The number of hydrogen-bond donors (Lipinski definition) is 2. The van der Waals surface area contributed by atoms with Gasteiger partial charge in [-0.1, -0.05) is 30.3 Å². The highest BCUT2D eigenvalue weighted by atomic mass is 35.5. The van der Waals surface area contributed by atoms with Crippen LogP contribution < -0.4 is 10.6 Å². The van der Waals surface area contributed by atoms with Crippen LogP contribution in [0.4, 0.5) is 0 Å². The molecule has 1 amide bonds. The van der Waals surface area contributed by atoms with Crippen LogP contribution in [0.2, 0.25) is 0 Å². The maximum Gasteiger partial charge on any atom is 0.225 e. The normalized spacial score (nSPS) is 16.1. The van der Waals surface area contributed by atoms with Gasteiger partial charge in [-0.15, -0.1) is 12.4 Å². The van der Waals surface area contributed by atoms with Gasteiger partial charge >= 0.3 is 0 Å². The van der Waals surface area contributed by atoms with E-state index in [1.54, 1.807) is 0 Å². The van der Waals surface area contributed by atoms with E-state index in [1.807, 2.05) is 6.07 Å². The first-order valence-electron chi connectivity index (χ1n) is 6.88. The molecule has 0 spiro atoms. The van der Waals surface area contributed by atoms with E-state index in [0.29, 0.717) is 0 Å². The SMILES string of the molecule is CC(CN(C)Cc1ccccc1)NC(=O)C1CNC1.Cl. The predicted molar refractivity (Wildman–Crippen MR) is 84.0 cm³/mol. The molecule has 0 aliphatic carbocycles. The van der Waals surface area contributed by atoms with Crippen molar-refractivity contribution in [2.45, 2.75) is 19.5 Å². The largest absolute Gasteiger partial charge is 0.352 e. The molecule has 1 aliphatic rings. The van der Waals surface area contributed by atoms with Gasteiger partial charge in [0, 0.05) is 32.2 Å². The molecule has 1 aromatic carbocycles. The van der Waals surface area contributed by atoms with Gasteiger partial charge in [0.15, 0.2) is 0 Å². The number of amides is 1. The van der Waals surface area contributed by atoms with Crippen molar-refractivity contribution in [2.75, 3.05) is 26.7 Å². The second-order valence-corrected chi connectivity index (χ2v) is 5.45. The highest BCUT2D eigenvalue weighted by Crippen LogP contribution is 2.05. The fourth-order valence-corrected chi connectivity index (χ4v) is 2.31. The van der Waals surface area contributed by atoms with Crippen molar-refractivity contribution in [1.82, 2.24) is 15.5 Å². The van der Waals surface area contributed by atoms with E-state index in [4.69, 9.17) is 0 Å². The number of benzene rings is 1. The standard InChI is InChI=1S/C15H23N3O.ClH/c1-12(17-15(19)14-8-16-9-14)10-18(2)11-13-6-4-3-5-7-13;/h3-7,12,14,16H,8-11H2,1-2H3,(H,17,19);1H. The Hall–Kier alpha value is -1.10. The van der Waals surface area contributed by atoms with Crippen molar-refractivity contribution in [3.05, 3.63) is 35.9 Å². The maximum absolute atomic E-state index is 11.8. The van der Waals surface area contributed by atoms with E-state index in [9.17, 15) is 4.79 Å². The monoisotopic (exact) mass is 297 g/mol. The van der Waals surface area contributed by atoms with Gasteiger partial charge < -0.3 is 15.5 Å². The predicted octanol–water partition coefficient (Wildman–Crippen LogP) is 1.26. The molecule has 112 valence electrons. The minimum atomic E-state index is 0. The second kappa shape index (κ2) is 8.25. The van der Waals surface area contributed by atoms with E-state index in [-0.39, 0.29) is 30.3 Å². The third-order valence-electron chi connectivity index (χ3n) is 3.42. The molecule has 1 atom stereocenters. The van der Waals surface area contributed by atoms with Gasteiger partial charge in [0.25, 0.3) is 0 Å². The van der Waals surface area contributed by atoms with Gasteiger partial charge in [-0.25, -0.2) is 0 Å². The topological polar surface area (TPSA) is 44.4 Å². The Labute approximate surface area is 127 Å². The molecule has 1 aromatic rings. The summed E-state index contributed by atoms with van der Waals surface area (Å²) in [7, 11) is 2.08. The third-order valence-corrected chi connectivity index (χ3v) is 3.42. The average molecular weight is 298 g/mol. The lowest BCUT2D eigenvalue weighted by molar-refractivity contribution is -0.127. The van der Waals surface area contributed by atoms with Crippen LogP contribution in [-0.4, -0.2) is 43.5 Å². The van der Waals surface area contributed by atoms with Crippen LogP contribution in [0.3, 0.4) is 0 Å². The van der Waals surface area contributed by atoms with Gasteiger partial charge in [0.05, 0.1) is 5.92 Å². The molecule has 20 heavy (non-hydrogen) atoms. The quantitative estimate of drug-likeness (QED) is 0.831. The van der Waals surface area contributed by atoms with E-state index in [0.717, 1.165) is 26.2 Å². The van der Waals surface area contributed by atoms with Crippen molar-refractivity contribution < 1.29 is 4.79 Å². The van der Waals surface area contributed by atoms with Crippen LogP contribution in [0.15, 0.2) is 30.3 Å². The molecule has 0 radical (unpaired) electrons. The zero-order valence-corrected chi connectivity index (χ0v) is 13.0. The molecule has 0 aromatic heterocycles. The number of carbonyl (C=O) groups excluding carboxylic acids is 1. The molecule has 1 heterocycles. The van der Waals surface area contributed by atoms with Crippen molar-refractivity contribution in [2.24, 2.45) is 5.92 Å². The zero-order chi connectivity index (χ0) is 13.7. The molecule has 1 aliphatic heterocycles. The van der Waals surface area contributed by atoms with Gasteiger partial charge in [0.1, 0.15) is 0 Å². The van der Waals surface area contributed by atoms with Gasteiger partial charge in [-0.3, -0.25) is 4.79 Å². The minimum absolute atomic E-state index is 0. The molecule has 2 rings (SSSR count). The first kappa shape index (κ1) is 17.0. The molecular weight excluding hydrogens is 274 g/mol. The Balaban J connectivity index is 0.00000200. The Bertz CT molecular complexity index is 409. The van der Waals surface area contributed by atoms with E-state index in [2.05, 4.69) is 53.8 Å². The van der Waals surface area contributed by atoms with Gasteiger partial charge in [-0.2, -0.15) is 0 Å². The lowest BCUT2D eigenvalue weighted by Gasteiger charge is -2.29. The summed E-state index contributed by atoms with van der Waals surface area (Å²) in [5.74, 6) is 0.348. The van der Waals surface area contributed by atoms with E-state index in [1.165, 1.54) is 5.56 Å². The summed E-state index contributed by atoms with van der Waals surface area (Å²) in [5.41, 5.74) is 1.30. The number of likely N-dealkylation sites (N-methyl/N-ethyl adjacent to an activating group) is 1. The van der Waals surface area contributed by atoms with E-state index < -0.39 is 0 Å². The molecule has 4 nitrogen and oxygen atoms in total. The van der Waals surface area contributed by atoms with Crippen LogP contribution in [0.5, 0.6) is 0 Å². The van der Waals surface area contributed by atoms with E-state index >= 15 is 0 Å². The Morgan fingerprint density at radius 2 is 2.05 bits per heavy atom. The fourth-order valence-electron chi connectivity index (χ4n) is 2.31. The summed E-state index contributed by atoms with van der Waals surface area (Å²) in [6, 6.07) is 10.6. The number of halogens is 1. The summed E-state index contributed by atoms with van der Waals surface area (Å²) in [6.45, 7) is 5.47. The molecular formula is C15H24ClN3O. The number of nitrogens with zero attached hydrogens (tertiary/aromatic N) is 1. The summed E-state index contributed by atoms with van der Waals surface area (Å²) in [5, 5.41) is 6.20. The average Bonchev–Trinajstić information content (AvgIpc) is 2.26. The lowest BCUT2D eigenvalue weighted by Crippen LogP contribution is -2.53. The molecule has 0 bridgehead atoms. The number of carbonyl (C=O) groups is 1. The molecule has 0 saturated carbocycles. The summed E-state index contributed by atoms with van der Waals surface area (Å²) in [6.07, 6.45) is 0. The van der Waals surface area contributed by atoms with Crippen LogP contribution in [0, 0.1) is 5.92 Å². The van der Waals surface area contributed by atoms with Crippen LogP contribution in [0.25, 0.3) is 0 Å². The summed E-state index contributed by atoms with van der Waals surface area (Å²) < 4.78 is 0. The van der Waals surface area contributed by atoms with Crippen molar-refractivity contribution in [3.63, 3.8) is 0 Å². The zero-order valence-electron chi connectivity index (χ0n) is 12.1. The fraction of sp³-hybridized carbons (Fsp3) is 0.533. The van der Waals surface area contributed by atoms with Crippen LogP contribution in [0.1, 0.15) is 12.5 Å². The Morgan fingerprint density at radius 1 is 1.40 bits per heavy atom. The molecule has 1 saturated heterocycles. The third kappa shape index (κ3) is 5.12. The van der Waals surface area contributed by atoms with Crippen LogP contribution in [-0.2, 0) is 11.3 Å². The highest BCUT2D eigenvalue weighted by molar-refractivity contribution is 5.85. The number of rotatable bonds is 6. The van der Waals surface area contributed by atoms with Gasteiger partial charge in [-0.05, 0) is 19.5 Å². The second-order valence-electron chi connectivity index (χ2n) is 5.45. The van der Waals surface area contributed by atoms with Crippen molar-refractivity contribution in [3.8, 4) is 0 Å². The maximum atomic E-state index is 11.8. The summed E-state index contributed by atoms with van der Waals surface area (Å²) >= 11 is 0. The molecule has 1 fully saturated rings. The highest BCUT2D eigenvalue weighted by Gasteiger charge is 2.25. The summed E-state index contributed by atoms with van der Waals surface area (Å²) in [4.78, 5) is 14.0. The Kier molecular flexibility index (Phi) is 6.99. The van der Waals surface area contributed by atoms with Crippen molar-refractivity contribution >= 4 is 18.3 Å². The minimum Gasteiger partial charge on any atom is -0.352 e. The Morgan fingerprint density at radius 3 is 2.60 bits per heavy atom. The van der Waals surface area contributed by atoms with Gasteiger partial charge in [0.2, 0.25) is 5.91 Å². The van der Waals surface area contributed by atoms with Crippen molar-refractivity contribution in [1.29, 1.82) is 0 Å². The molecule has 1 unspecified atom stereocenters. The molecule has 2 N–H and O–H groups in total. The number of hydrogen-bond acceptors (Lipinski definition) is 3. The van der Waals surface area contributed by atoms with Crippen LogP contribution >= 0.6 is 12.4 Å². The first-order chi connectivity index (χ1) is 9.15. The number of nitrogens with one attached hydrogen (secondary N) is 2. The smallest absolute Gasteiger partial charge is 0.225 e.